The summed E-state index contributed by atoms with van der Waals surface area (Å²) in [5, 5.41) is 3.56. The Labute approximate surface area is 103 Å². The van der Waals surface area contributed by atoms with E-state index in [0.29, 0.717) is 6.04 Å². The maximum Gasteiger partial charge on any atom is 0.123 e. The largest absolute Gasteiger partial charge is 0.314 e. The second-order valence-electron chi connectivity index (χ2n) is 5.19. The van der Waals surface area contributed by atoms with E-state index in [1.807, 2.05) is 12.1 Å². The van der Waals surface area contributed by atoms with E-state index >= 15 is 0 Å². The molecule has 1 saturated carbocycles. The van der Waals surface area contributed by atoms with Gasteiger partial charge in [0, 0.05) is 6.04 Å². The Kier molecular flexibility index (Phi) is 4.16. The first-order valence-electron chi connectivity index (χ1n) is 6.68. The Bertz CT molecular complexity index is 346. The van der Waals surface area contributed by atoms with Crippen LogP contribution in [-0.2, 0) is 6.42 Å². The van der Waals surface area contributed by atoms with E-state index in [1.165, 1.54) is 18.4 Å². The molecule has 0 aliphatic heterocycles. The van der Waals surface area contributed by atoms with Gasteiger partial charge in [0.05, 0.1) is 0 Å². The Morgan fingerprint density at radius 1 is 1.24 bits per heavy atom. The summed E-state index contributed by atoms with van der Waals surface area (Å²) < 4.78 is 12.8. The molecular weight excluding hydrogens is 213 g/mol. The molecule has 0 heterocycles. The standard InChI is InChI=1S/C15H22FN/c1-3-17-15-9-6-13(11(15)2)10-12-4-7-14(16)8-5-12/h4-5,7-8,11,13,15,17H,3,6,9-10H2,1-2H3. The van der Waals surface area contributed by atoms with E-state index in [9.17, 15) is 4.39 Å². The summed E-state index contributed by atoms with van der Waals surface area (Å²) in [6.45, 7) is 5.56. The van der Waals surface area contributed by atoms with Gasteiger partial charge in [0.15, 0.2) is 0 Å². The van der Waals surface area contributed by atoms with Crippen LogP contribution in [0.3, 0.4) is 0 Å². The maximum atomic E-state index is 12.8. The van der Waals surface area contributed by atoms with Crippen molar-refractivity contribution in [1.29, 1.82) is 0 Å². The van der Waals surface area contributed by atoms with Crippen molar-refractivity contribution in [1.82, 2.24) is 5.32 Å². The molecule has 1 aromatic carbocycles. The summed E-state index contributed by atoms with van der Waals surface area (Å²) in [5.74, 6) is 1.32. The van der Waals surface area contributed by atoms with E-state index < -0.39 is 0 Å². The zero-order valence-corrected chi connectivity index (χ0v) is 10.7. The van der Waals surface area contributed by atoms with E-state index in [2.05, 4.69) is 19.2 Å². The molecule has 1 nitrogen and oxygen atoms in total. The lowest BCUT2D eigenvalue weighted by Gasteiger charge is -2.21. The van der Waals surface area contributed by atoms with Gasteiger partial charge in [-0.2, -0.15) is 0 Å². The van der Waals surface area contributed by atoms with Crippen LogP contribution in [0.5, 0.6) is 0 Å². The van der Waals surface area contributed by atoms with E-state index in [0.717, 1.165) is 24.8 Å². The number of nitrogens with one attached hydrogen (secondary N) is 1. The predicted molar refractivity (Wildman–Crippen MR) is 69.5 cm³/mol. The highest BCUT2D eigenvalue weighted by Crippen LogP contribution is 2.34. The Balaban J connectivity index is 1.94. The monoisotopic (exact) mass is 235 g/mol. The van der Waals surface area contributed by atoms with Gasteiger partial charge in [-0.1, -0.05) is 26.0 Å². The normalized spacial score (nSPS) is 28.5. The summed E-state index contributed by atoms with van der Waals surface area (Å²) in [4.78, 5) is 0. The molecule has 3 unspecified atom stereocenters. The first kappa shape index (κ1) is 12.6. The molecule has 17 heavy (non-hydrogen) atoms. The van der Waals surface area contributed by atoms with E-state index in [-0.39, 0.29) is 5.82 Å². The number of rotatable bonds is 4. The molecule has 1 aliphatic carbocycles. The van der Waals surface area contributed by atoms with Gasteiger partial charge in [-0.15, -0.1) is 0 Å². The molecular formula is C15H22FN. The second-order valence-corrected chi connectivity index (χ2v) is 5.19. The van der Waals surface area contributed by atoms with Gasteiger partial charge in [-0.05, 0) is 55.3 Å². The van der Waals surface area contributed by atoms with Crippen molar-refractivity contribution in [3.63, 3.8) is 0 Å². The van der Waals surface area contributed by atoms with Crippen molar-refractivity contribution in [2.45, 2.75) is 39.2 Å². The van der Waals surface area contributed by atoms with Crippen molar-refractivity contribution in [3.05, 3.63) is 35.6 Å². The average molecular weight is 235 g/mol. The second kappa shape index (κ2) is 5.63. The molecule has 1 aliphatic rings. The van der Waals surface area contributed by atoms with Crippen molar-refractivity contribution < 1.29 is 4.39 Å². The zero-order valence-electron chi connectivity index (χ0n) is 10.7. The summed E-state index contributed by atoms with van der Waals surface area (Å²) in [6.07, 6.45) is 3.65. The number of hydrogen-bond acceptors (Lipinski definition) is 1. The van der Waals surface area contributed by atoms with Crippen molar-refractivity contribution in [3.8, 4) is 0 Å². The number of benzene rings is 1. The molecule has 0 bridgehead atoms. The molecule has 3 atom stereocenters. The molecule has 2 rings (SSSR count). The summed E-state index contributed by atoms with van der Waals surface area (Å²) in [5.41, 5.74) is 1.26. The van der Waals surface area contributed by atoms with Gasteiger partial charge in [0.1, 0.15) is 5.82 Å². The van der Waals surface area contributed by atoms with Crippen LogP contribution in [0, 0.1) is 17.7 Å². The summed E-state index contributed by atoms with van der Waals surface area (Å²) >= 11 is 0. The predicted octanol–water partition coefficient (Wildman–Crippen LogP) is 3.39. The van der Waals surface area contributed by atoms with Crippen LogP contribution >= 0.6 is 0 Å². The zero-order chi connectivity index (χ0) is 12.3. The topological polar surface area (TPSA) is 12.0 Å². The van der Waals surface area contributed by atoms with Gasteiger partial charge in [0.25, 0.3) is 0 Å². The van der Waals surface area contributed by atoms with Gasteiger partial charge in [0.2, 0.25) is 0 Å². The molecule has 1 aromatic rings. The minimum Gasteiger partial charge on any atom is -0.314 e. The highest BCUT2D eigenvalue weighted by Gasteiger charge is 2.31. The number of halogens is 1. The highest BCUT2D eigenvalue weighted by atomic mass is 19.1. The van der Waals surface area contributed by atoms with Crippen LogP contribution in [0.1, 0.15) is 32.3 Å². The molecule has 0 radical (unpaired) electrons. The van der Waals surface area contributed by atoms with Crippen LogP contribution < -0.4 is 5.32 Å². The van der Waals surface area contributed by atoms with Crippen LogP contribution in [-0.4, -0.2) is 12.6 Å². The van der Waals surface area contributed by atoms with Gasteiger partial charge in [-0.25, -0.2) is 4.39 Å². The molecule has 1 fully saturated rings. The van der Waals surface area contributed by atoms with E-state index in [1.54, 1.807) is 12.1 Å². The third-order valence-corrected chi connectivity index (χ3v) is 4.10. The minimum atomic E-state index is -0.140. The Morgan fingerprint density at radius 3 is 2.59 bits per heavy atom. The molecule has 94 valence electrons. The molecule has 0 spiro atoms. The van der Waals surface area contributed by atoms with Gasteiger partial charge in [-0.3, -0.25) is 0 Å². The lowest BCUT2D eigenvalue weighted by molar-refractivity contribution is 0.355. The quantitative estimate of drug-likeness (QED) is 0.843. The lowest BCUT2D eigenvalue weighted by Crippen LogP contribution is -2.32. The lowest BCUT2D eigenvalue weighted by atomic mass is 9.89. The van der Waals surface area contributed by atoms with Crippen LogP contribution in [0.2, 0.25) is 0 Å². The Morgan fingerprint density at radius 2 is 1.94 bits per heavy atom. The van der Waals surface area contributed by atoms with Crippen LogP contribution in [0.4, 0.5) is 4.39 Å². The molecule has 2 heteroatoms. The Hall–Kier alpha value is -0.890. The summed E-state index contributed by atoms with van der Waals surface area (Å²) in [7, 11) is 0. The summed E-state index contributed by atoms with van der Waals surface area (Å²) in [6, 6.07) is 7.64. The van der Waals surface area contributed by atoms with Crippen molar-refractivity contribution in [2.24, 2.45) is 11.8 Å². The molecule has 1 N–H and O–H groups in total. The molecule has 0 aromatic heterocycles. The highest BCUT2D eigenvalue weighted by molar-refractivity contribution is 5.17. The molecule has 0 amide bonds. The van der Waals surface area contributed by atoms with Crippen LogP contribution in [0.15, 0.2) is 24.3 Å². The number of hydrogen-bond donors (Lipinski definition) is 1. The third kappa shape index (κ3) is 3.06. The van der Waals surface area contributed by atoms with Crippen molar-refractivity contribution in [2.75, 3.05) is 6.54 Å². The average Bonchev–Trinajstić information content (AvgIpc) is 2.65. The van der Waals surface area contributed by atoms with Crippen LogP contribution in [0.25, 0.3) is 0 Å². The van der Waals surface area contributed by atoms with Gasteiger partial charge < -0.3 is 5.32 Å². The first-order chi connectivity index (χ1) is 8.20. The first-order valence-corrected chi connectivity index (χ1v) is 6.68. The fourth-order valence-corrected chi connectivity index (χ4v) is 3.01. The maximum absolute atomic E-state index is 12.8. The minimum absolute atomic E-state index is 0.140. The molecule has 0 saturated heterocycles. The smallest absolute Gasteiger partial charge is 0.123 e. The SMILES string of the molecule is CCNC1CCC(Cc2ccc(F)cc2)C1C. The van der Waals surface area contributed by atoms with Crippen molar-refractivity contribution >= 4 is 0 Å². The fraction of sp³-hybridized carbons (Fsp3) is 0.600. The fourth-order valence-electron chi connectivity index (χ4n) is 3.01. The third-order valence-electron chi connectivity index (χ3n) is 4.10. The van der Waals surface area contributed by atoms with Gasteiger partial charge >= 0.3 is 0 Å². The van der Waals surface area contributed by atoms with E-state index in [4.69, 9.17) is 0 Å².